The van der Waals surface area contributed by atoms with E-state index in [0.717, 1.165) is 0 Å². The van der Waals surface area contributed by atoms with E-state index in [-0.39, 0.29) is 11.6 Å². The van der Waals surface area contributed by atoms with Crippen LogP contribution in [0.4, 0.5) is 15.9 Å². The number of pyridine rings is 1. The fourth-order valence-electron chi connectivity index (χ4n) is 2.67. The minimum Gasteiger partial charge on any atom is -0.347 e. The predicted molar refractivity (Wildman–Crippen MR) is 93.0 cm³/mol. The Balaban J connectivity index is 1.64. The lowest BCUT2D eigenvalue weighted by Gasteiger charge is -2.34. The maximum atomic E-state index is 13.1. The van der Waals surface area contributed by atoms with Gasteiger partial charge in [0, 0.05) is 49.9 Å². The van der Waals surface area contributed by atoms with E-state index in [0.29, 0.717) is 37.6 Å². The Labute approximate surface area is 149 Å². The van der Waals surface area contributed by atoms with Gasteiger partial charge in [0.15, 0.2) is 0 Å². The average molecular weight is 354 g/mol. The molecule has 1 aliphatic heterocycles. The van der Waals surface area contributed by atoms with Gasteiger partial charge in [0.2, 0.25) is 5.82 Å². The second kappa shape index (κ2) is 7.61. The summed E-state index contributed by atoms with van der Waals surface area (Å²) < 4.78 is 13.1. The number of aromatic nitrogens is 1. The number of carbonyl (C=O) groups excluding carboxylic acids is 1. The van der Waals surface area contributed by atoms with Gasteiger partial charge in [-0.15, -0.1) is 0 Å². The van der Waals surface area contributed by atoms with Gasteiger partial charge in [-0.2, -0.15) is 0 Å². The number of anilines is 1. The molecule has 0 radical (unpaired) electrons. The maximum absolute atomic E-state index is 13.1. The number of carbonyl (C=O) groups is 1. The largest absolute Gasteiger partial charge is 0.347 e. The lowest BCUT2D eigenvalue weighted by atomic mass is 10.2. The molecular formula is C18H15FN4O3. The fraction of sp³-hybridized carbons (Fsp3) is 0.222. The molecule has 8 heteroatoms. The monoisotopic (exact) mass is 354 g/mol. The first kappa shape index (κ1) is 17.4. The Hall–Kier alpha value is -3.47. The van der Waals surface area contributed by atoms with Crippen LogP contribution in [-0.4, -0.2) is 46.9 Å². The summed E-state index contributed by atoms with van der Waals surface area (Å²) in [5.74, 6) is 4.70. The van der Waals surface area contributed by atoms with Crippen LogP contribution < -0.4 is 4.90 Å². The average Bonchev–Trinajstić information content (AvgIpc) is 2.66. The van der Waals surface area contributed by atoms with E-state index in [1.165, 1.54) is 36.5 Å². The van der Waals surface area contributed by atoms with Crippen molar-refractivity contribution in [1.29, 1.82) is 0 Å². The Kier molecular flexibility index (Phi) is 5.08. The zero-order valence-corrected chi connectivity index (χ0v) is 13.8. The topological polar surface area (TPSA) is 79.6 Å². The Morgan fingerprint density at radius 2 is 1.96 bits per heavy atom. The zero-order chi connectivity index (χ0) is 18.5. The summed E-state index contributed by atoms with van der Waals surface area (Å²) in [5, 5.41) is 11.1. The Morgan fingerprint density at radius 1 is 1.19 bits per heavy atom. The highest BCUT2D eigenvalue weighted by Crippen LogP contribution is 2.25. The van der Waals surface area contributed by atoms with Gasteiger partial charge in [-0.25, -0.2) is 9.37 Å². The summed E-state index contributed by atoms with van der Waals surface area (Å²) in [6.45, 7) is 1.60. The lowest BCUT2D eigenvalue weighted by Crippen LogP contribution is -2.48. The van der Waals surface area contributed by atoms with Crippen LogP contribution in [0.15, 0.2) is 42.6 Å². The van der Waals surface area contributed by atoms with Crippen molar-refractivity contribution >= 4 is 17.4 Å². The molecule has 1 aromatic carbocycles. The van der Waals surface area contributed by atoms with Gasteiger partial charge < -0.3 is 9.80 Å². The molecule has 0 spiro atoms. The second-order valence-electron chi connectivity index (χ2n) is 5.64. The molecule has 0 unspecified atom stereocenters. The number of amides is 1. The molecule has 0 saturated carbocycles. The van der Waals surface area contributed by atoms with Crippen molar-refractivity contribution in [3.63, 3.8) is 0 Å². The van der Waals surface area contributed by atoms with Gasteiger partial charge in [0.25, 0.3) is 5.91 Å². The highest BCUT2D eigenvalue weighted by atomic mass is 19.1. The van der Waals surface area contributed by atoms with Gasteiger partial charge in [0.1, 0.15) is 5.82 Å². The van der Waals surface area contributed by atoms with E-state index in [4.69, 9.17) is 0 Å². The third-order valence-electron chi connectivity index (χ3n) is 3.97. The van der Waals surface area contributed by atoms with Crippen LogP contribution in [0.5, 0.6) is 0 Å². The van der Waals surface area contributed by atoms with Gasteiger partial charge in [-0.05, 0) is 24.3 Å². The Morgan fingerprint density at radius 3 is 2.65 bits per heavy atom. The van der Waals surface area contributed by atoms with E-state index < -0.39 is 10.7 Å². The minimum absolute atomic E-state index is 0.0572. The number of hydrogen-bond donors (Lipinski definition) is 0. The summed E-state index contributed by atoms with van der Waals surface area (Å²) in [6, 6.07) is 8.65. The molecular weight excluding hydrogens is 339 g/mol. The highest BCUT2D eigenvalue weighted by molar-refractivity contribution is 5.94. The summed E-state index contributed by atoms with van der Waals surface area (Å²) in [5.41, 5.74) is 0.374. The van der Waals surface area contributed by atoms with Gasteiger partial charge in [-0.3, -0.25) is 14.9 Å². The van der Waals surface area contributed by atoms with Crippen LogP contribution in [-0.2, 0) is 4.79 Å². The molecule has 2 heterocycles. The zero-order valence-electron chi connectivity index (χ0n) is 13.8. The van der Waals surface area contributed by atoms with E-state index in [1.54, 1.807) is 15.9 Å². The third-order valence-corrected chi connectivity index (χ3v) is 3.97. The molecule has 132 valence electrons. The number of piperazine rings is 1. The second-order valence-corrected chi connectivity index (χ2v) is 5.64. The smallest absolute Gasteiger partial charge is 0.311 e. The first-order valence-electron chi connectivity index (χ1n) is 7.95. The number of halogens is 1. The lowest BCUT2D eigenvalue weighted by molar-refractivity contribution is -0.384. The molecule has 3 rings (SSSR count). The van der Waals surface area contributed by atoms with Crippen LogP contribution in [0.1, 0.15) is 5.56 Å². The molecule has 2 aromatic rings. The third kappa shape index (κ3) is 3.95. The van der Waals surface area contributed by atoms with Crippen LogP contribution in [0.2, 0.25) is 0 Å². The SMILES string of the molecule is O=C(C#Cc1cccc(F)c1)N1CCN(c2ncccc2[N+](=O)[O-])CC1. The number of rotatable bonds is 2. The first-order chi connectivity index (χ1) is 12.5. The van der Waals surface area contributed by atoms with Gasteiger partial charge in [-0.1, -0.05) is 12.0 Å². The first-order valence-corrected chi connectivity index (χ1v) is 7.95. The van der Waals surface area contributed by atoms with Crippen molar-refractivity contribution in [1.82, 2.24) is 9.88 Å². The summed E-state index contributed by atoms with van der Waals surface area (Å²) in [4.78, 5) is 30.3. The van der Waals surface area contributed by atoms with E-state index >= 15 is 0 Å². The molecule has 1 aliphatic rings. The molecule has 0 bridgehead atoms. The van der Waals surface area contributed by atoms with Crippen LogP contribution in [0.25, 0.3) is 0 Å². The Bertz CT molecular complexity index is 899. The van der Waals surface area contributed by atoms with Crippen molar-refractivity contribution in [2.75, 3.05) is 31.1 Å². The van der Waals surface area contributed by atoms with Crippen molar-refractivity contribution in [2.24, 2.45) is 0 Å². The van der Waals surface area contributed by atoms with Crippen molar-refractivity contribution in [3.8, 4) is 11.8 Å². The molecule has 1 fully saturated rings. The minimum atomic E-state index is -0.468. The number of benzene rings is 1. The molecule has 0 aliphatic carbocycles. The van der Waals surface area contributed by atoms with Crippen molar-refractivity contribution in [2.45, 2.75) is 0 Å². The summed E-state index contributed by atoms with van der Waals surface area (Å²) >= 11 is 0. The van der Waals surface area contributed by atoms with E-state index in [2.05, 4.69) is 16.8 Å². The van der Waals surface area contributed by atoms with Gasteiger partial charge >= 0.3 is 5.69 Å². The molecule has 0 atom stereocenters. The molecule has 0 N–H and O–H groups in total. The molecule has 1 saturated heterocycles. The molecule has 1 amide bonds. The summed E-state index contributed by atoms with van der Waals surface area (Å²) in [6.07, 6.45) is 1.50. The normalized spacial score (nSPS) is 13.7. The fourth-order valence-corrected chi connectivity index (χ4v) is 2.67. The number of nitrogens with zero attached hydrogens (tertiary/aromatic N) is 4. The van der Waals surface area contributed by atoms with Crippen molar-refractivity contribution < 1.29 is 14.1 Å². The van der Waals surface area contributed by atoms with E-state index in [1.807, 2.05) is 0 Å². The number of nitro groups is 1. The van der Waals surface area contributed by atoms with Crippen molar-refractivity contribution in [3.05, 3.63) is 64.1 Å². The van der Waals surface area contributed by atoms with Gasteiger partial charge in [0.05, 0.1) is 4.92 Å². The predicted octanol–water partition coefficient (Wildman–Crippen LogP) is 1.83. The maximum Gasteiger partial charge on any atom is 0.311 e. The summed E-state index contributed by atoms with van der Waals surface area (Å²) in [7, 11) is 0. The van der Waals surface area contributed by atoms with Crippen LogP contribution in [0, 0.1) is 27.8 Å². The van der Waals surface area contributed by atoms with Crippen LogP contribution in [0.3, 0.4) is 0 Å². The highest BCUT2D eigenvalue weighted by Gasteiger charge is 2.26. The quantitative estimate of drug-likeness (QED) is 0.467. The standard InChI is InChI=1S/C18H15FN4O3/c19-15-4-1-3-14(13-15)6-7-17(24)21-9-11-22(12-10-21)18-16(23(25)26)5-2-8-20-18/h1-5,8,13H,9-12H2. The number of hydrogen-bond acceptors (Lipinski definition) is 5. The molecule has 1 aromatic heterocycles. The van der Waals surface area contributed by atoms with Crippen LogP contribution >= 0.6 is 0 Å². The van der Waals surface area contributed by atoms with E-state index in [9.17, 15) is 19.3 Å². The molecule has 26 heavy (non-hydrogen) atoms. The molecule has 7 nitrogen and oxygen atoms in total.